The van der Waals surface area contributed by atoms with Gasteiger partial charge in [0, 0.05) is 12.7 Å². The predicted octanol–water partition coefficient (Wildman–Crippen LogP) is 3.16. The van der Waals surface area contributed by atoms with Gasteiger partial charge in [0.1, 0.15) is 11.8 Å². The van der Waals surface area contributed by atoms with Crippen LogP contribution in [0.2, 0.25) is 0 Å². The molecular weight excluding hydrogens is 269 g/mol. The van der Waals surface area contributed by atoms with E-state index in [4.69, 9.17) is 10.4 Å². The van der Waals surface area contributed by atoms with Crippen molar-refractivity contribution >= 4 is 0 Å². The van der Waals surface area contributed by atoms with Crippen molar-refractivity contribution in [3.63, 3.8) is 0 Å². The first-order valence-electron chi connectivity index (χ1n) is 5.75. The van der Waals surface area contributed by atoms with Gasteiger partial charge in [0.25, 0.3) is 0 Å². The Hall–Kier alpha value is -2.26. The molecule has 0 radical (unpaired) electrons. The summed E-state index contributed by atoms with van der Waals surface area (Å²) in [5.41, 5.74) is 1.64. The van der Waals surface area contributed by atoms with Crippen LogP contribution in [0.25, 0.3) is 11.3 Å². The average molecular weight is 280 g/mol. The fourth-order valence-electron chi connectivity index (χ4n) is 1.94. The van der Waals surface area contributed by atoms with Crippen LogP contribution in [0.1, 0.15) is 17.4 Å². The Kier molecular flexibility index (Phi) is 3.55. The van der Waals surface area contributed by atoms with Crippen molar-refractivity contribution in [2.75, 3.05) is 0 Å². The van der Waals surface area contributed by atoms with Crippen LogP contribution >= 0.6 is 0 Å². The SMILES string of the molecule is Cn1c(C#N)ccc1-c1ccc([C@H](O)C(F)(F)F)cc1. The molecule has 1 aromatic carbocycles. The van der Waals surface area contributed by atoms with Crippen molar-refractivity contribution in [3.05, 3.63) is 47.7 Å². The largest absolute Gasteiger partial charge is 0.418 e. The van der Waals surface area contributed by atoms with Crippen LogP contribution in [0, 0.1) is 11.3 Å². The van der Waals surface area contributed by atoms with Crippen molar-refractivity contribution in [1.82, 2.24) is 4.57 Å². The quantitative estimate of drug-likeness (QED) is 0.918. The second-order valence-corrected chi connectivity index (χ2v) is 4.34. The summed E-state index contributed by atoms with van der Waals surface area (Å²) < 4.78 is 38.8. The number of benzene rings is 1. The Labute approximate surface area is 113 Å². The standard InChI is InChI=1S/C14H11F3N2O/c1-19-11(8-18)6-7-12(19)9-2-4-10(5-3-9)13(20)14(15,16)17/h2-7,13,20H,1H3/t13-/m0/s1. The van der Waals surface area contributed by atoms with Crippen molar-refractivity contribution in [3.8, 4) is 17.3 Å². The monoisotopic (exact) mass is 280 g/mol. The highest BCUT2D eigenvalue weighted by molar-refractivity contribution is 5.62. The fraction of sp³-hybridized carbons (Fsp3) is 0.214. The van der Waals surface area contributed by atoms with E-state index in [0.29, 0.717) is 11.3 Å². The maximum atomic E-state index is 12.4. The van der Waals surface area contributed by atoms with Crippen LogP contribution in [0.5, 0.6) is 0 Å². The Balaban J connectivity index is 2.33. The first-order valence-corrected chi connectivity index (χ1v) is 5.75. The van der Waals surface area contributed by atoms with Crippen LogP contribution in [-0.2, 0) is 7.05 Å². The summed E-state index contributed by atoms with van der Waals surface area (Å²) in [5, 5.41) is 18.0. The molecule has 2 rings (SSSR count). The molecule has 3 nitrogen and oxygen atoms in total. The van der Waals surface area contributed by atoms with Gasteiger partial charge in [-0.1, -0.05) is 24.3 Å². The lowest BCUT2D eigenvalue weighted by molar-refractivity contribution is -0.206. The first-order chi connectivity index (χ1) is 9.34. The summed E-state index contributed by atoms with van der Waals surface area (Å²) >= 11 is 0. The summed E-state index contributed by atoms with van der Waals surface area (Å²) in [6, 6.07) is 10.8. The van der Waals surface area contributed by atoms with Crippen LogP contribution in [0.4, 0.5) is 13.2 Å². The Bertz CT molecular complexity index is 651. The lowest BCUT2D eigenvalue weighted by atomic mass is 10.1. The van der Waals surface area contributed by atoms with E-state index in [1.807, 2.05) is 6.07 Å². The smallest absolute Gasteiger partial charge is 0.379 e. The summed E-state index contributed by atoms with van der Waals surface area (Å²) in [4.78, 5) is 0. The number of aliphatic hydroxyl groups is 1. The number of alkyl halides is 3. The van der Waals surface area contributed by atoms with Gasteiger partial charge in [-0.25, -0.2) is 0 Å². The highest BCUT2D eigenvalue weighted by Crippen LogP contribution is 2.33. The molecule has 0 saturated carbocycles. The highest BCUT2D eigenvalue weighted by Gasteiger charge is 2.39. The van der Waals surface area contributed by atoms with Crippen LogP contribution in [-0.4, -0.2) is 15.8 Å². The van der Waals surface area contributed by atoms with Crippen LogP contribution in [0.15, 0.2) is 36.4 Å². The molecule has 0 bridgehead atoms. The molecule has 104 valence electrons. The lowest BCUT2D eigenvalue weighted by Gasteiger charge is -2.15. The Morgan fingerprint density at radius 1 is 1.15 bits per heavy atom. The Morgan fingerprint density at radius 2 is 1.75 bits per heavy atom. The zero-order chi connectivity index (χ0) is 14.9. The molecule has 0 aliphatic rings. The maximum absolute atomic E-state index is 12.4. The number of aromatic nitrogens is 1. The molecule has 1 atom stereocenters. The molecule has 0 fully saturated rings. The molecule has 0 aliphatic carbocycles. The van der Waals surface area contributed by atoms with E-state index >= 15 is 0 Å². The molecule has 1 N–H and O–H groups in total. The molecular formula is C14H11F3N2O. The second kappa shape index (κ2) is 5.02. The predicted molar refractivity (Wildman–Crippen MR) is 66.6 cm³/mol. The number of aliphatic hydroxyl groups excluding tert-OH is 1. The van der Waals surface area contributed by atoms with Gasteiger partial charge in [0.15, 0.2) is 6.10 Å². The highest BCUT2D eigenvalue weighted by atomic mass is 19.4. The zero-order valence-electron chi connectivity index (χ0n) is 10.5. The van der Waals surface area contributed by atoms with E-state index in [1.54, 1.807) is 23.7 Å². The number of rotatable bonds is 2. The number of nitriles is 1. The van der Waals surface area contributed by atoms with E-state index in [2.05, 4.69) is 0 Å². The van der Waals surface area contributed by atoms with Gasteiger partial charge in [-0.15, -0.1) is 0 Å². The van der Waals surface area contributed by atoms with Gasteiger partial charge in [-0.05, 0) is 23.3 Å². The van der Waals surface area contributed by atoms with Crippen molar-refractivity contribution < 1.29 is 18.3 Å². The van der Waals surface area contributed by atoms with Crippen LogP contribution in [0.3, 0.4) is 0 Å². The molecule has 0 saturated heterocycles. The first kappa shape index (κ1) is 14.2. The van der Waals surface area contributed by atoms with Gasteiger partial charge in [0.05, 0.1) is 0 Å². The number of hydrogen-bond acceptors (Lipinski definition) is 2. The Morgan fingerprint density at radius 3 is 2.20 bits per heavy atom. The van der Waals surface area contributed by atoms with E-state index in [1.165, 1.54) is 24.3 Å². The van der Waals surface area contributed by atoms with E-state index in [0.717, 1.165) is 5.69 Å². The second-order valence-electron chi connectivity index (χ2n) is 4.34. The summed E-state index contributed by atoms with van der Waals surface area (Å²) in [6.45, 7) is 0. The number of hydrogen-bond donors (Lipinski definition) is 1. The van der Waals surface area contributed by atoms with Gasteiger partial charge >= 0.3 is 6.18 Å². The van der Waals surface area contributed by atoms with Crippen LogP contribution < -0.4 is 0 Å². The molecule has 0 unspecified atom stereocenters. The third-order valence-electron chi connectivity index (χ3n) is 3.07. The maximum Gasteiger partial charge on any atom is 0.418 e. The van der Waals surface area contributed by atoms with E-state index in [9.17, 15) is 13.2 Å². The van der Waals surface area contributed by atoms with Crippen molar-refractivity contribution in [2.45, 2.75) is 12.3 Å². The van der Waals surface area contributed by atoms with Crippen molar-refractivity contribution in [1.29, 1.82) is 5.26 Å². The summed E-state index contributed by atoms with van der Waals surface area (Å²) in [6.07, 6.45) is -7.17. The van der Waals surface area contributed by atoms with E-state index in [-0.39, 0.29) is 5.56 Å². The van der Waals surface area contributed by atoms with Gasteiger partial charge in [-0.2, -0.15) is 18.4 Å². The average Bonchev–Trinajstić information content (AvgIpc) is 2.78. The molecule has 0 spiro atoms. The topological polar surface area (TPSA) is 49.0 Å². The molecule has 2 aromatic rings. The number of nitrogens with zero attached hydrogens (tertiary/aromatic N) is 2. The minimum absolute atomic E-state index is 0.212. The normalized spacial score (nSPS) is 13.0. The van der Waals surface area contributed by atoms with Crippen molar-refractivity contribution in [2.24, 2.45) is 7.05 Å². The lowest BCUT2D eigenvalue weighted by Crippen LogP contribution is -2.20. The molecule has 20 heavy (non-hydrogen) atoms. The molecule has 0 aliphatic heterocycles. The molecule has 1 aromatic heterocycles. The van der Waals surface area contributed by atoms with Gasteiger partial charge in [-0.3, -0.25) is 0 Å². The fourth-order valence-corrected chi connectivity index (χ4v) is 1.94. The summed E-state index contributed by atoms with van der Waals surface area (Å²) in [7, 11) is 1.70. The zero-order valence-corrected chi connectivity index (χ0v) is 10.5. The third-order valence-corrected chi connectivity index (χ3v) is 3.07. The molecule has 6 heteroatoms. The summed E-state index contributed by atoms with van der Waals surface area (Å²) in [5.74, 6) is 0. The number of halogens is 3. The van der Waals surface area contributed by atoms with Gasteiger partial charge < -0.3 is 9.67 Å². The molecule has 1 heterocycles. The minimum Gasteiger partial charge on any atom is -0.379 e. The molecule has 0 amide bonds. The minimum atomic E-state index is -4.68. The van der Waals surface area contributed by atoms with Gasteiger partial charge in [0.2, 0.25) is 0 Å². The van der Waals surface area contributed by atoms with E-state index < -0.39 is 12.3 Å². The third kappa shape index (κ3) is 2.53.